The van der Waals surface area contributed by atoms with Crippen LogP contribution in [0.1, 0.15) is 16.1 Å². The van der Waals surface area contributed by atoms with Crippen molar-refractivity contribution in [2.75, 3.05) is 7.05 Å². The fraction of sp³-hybridized carbons (Fsp3) is 0.182. The summed E-state index contributed by atoms with van der Waals surface area (Å²) in [5.74, 6) is -1.76. The molecule has 0 saturated heterocycles. The second-order valence-electron chi connectivity index (χ2n) is 3.95. The summed E-state index contributed by atoms with van der Waals surface area (Å²) in [4.78, 5) is 10.6. The van der Waals surface area contributed by atoms with Crippen LogP contribution in [-0.2, 0) is 16.6 Å². The summed E-state index contributed by atoms with van der Waals surface area (Å²) >= 11 is 4.41. The fourth-order valence-corrected chi connectivity index (χ4v) is 4.24. The molecule has 1 N–H and O–H groups in total. The standard InChI is InChI=1S/C11H10BrNO5S2/c1-13(5-7-2-3-19-6-7)20(16,17)9-4-8(11(14)15)18-10(9)12/h2-4,6H,5H2,1H3,(H,14,15). The lowest BCUT2D eigenvalue weighted by Crippen LogP contribution is -2.26. The Balaban J connectivity index is 2.32. The number of rotatable bonds is 5. The molecular formula is C11H10BrNO5S2. The summed E-state index contributed by atoms with van der Waals surface area (Å²) < 4.78 is 30.6. The number of carboxylic acids is 1. The van der Waals surface area contributed by atoms with Gasteiger partial charge >= 0.3 is 5.97 Å². The number of nitrogens with zero attached hydrogens (tertiary/aromatic N) is 1. The van der Waals surface area contributed by atoms with E-state index in [4.69, 9.17) is 9.52 Å². The van der Waals surface area contributed by atoms with Crippen molar-refractivity contribution >= 4 is 43.3 Å². The summed E-state index contributed by atoms with van der Waals surface area (Å²) in [6.07, 6.45) is 0. The third-order valence-electron chi connectivity index (χ3n) is 2.54. The molecule has 0 fully saturated rings. The van der Waals surface area contributed by atoms with Gasteiger partial charge in [0.15, 0.2) is 4.67 Å². The Morgan fingerprint density at radius 1 is 1.55 bits per heavy atom. The smallest absolute Gasteiger partial charge is 0.371 e. The van der Waals surface area contributed by atoms with E-state index in [2.05, 4.69) is 15.9 Å². The van der Waals surface area contributed by atoms with Gasteiger partial charge in [-0.1, -0.05) is 0 Å². The van der Waals surface area contributed by atoms with Crippen LogP contribution in [0.2, 0.25) is 0 Å². The van der Waals surface area contributed by atoms with E-state index in [1.165, 1.54) is 18.4 Å². The van der Waals surface area contributed by atoms with Gasteiger partial charge in [-0.15, -0.1) is 0 Å². The molecule has 108 valence electrons. The first-order chi connectivity index (χ1) is 9.32. The largest absolute Gasteiger partial charge is 0.475 e. The van der Waals surface area contributed by atoms with E-state index in [0.717, 1.165) is 15.9 Å². The van der Waals surface area contributed by atoms with Gasteiger partial charge in [0.25, 0.3) is 0 Å². The topological polar surface area (TPSA) is 87.8 Å². The number of hydrogen-bond acceptors (Lipinski definition) is 5. The van der Waals surface area contributed by atoms with Crippen LogP contribution in [0.25, 0.3) is 0 Å². The first-order valence-corrected chi connectivity index (χ1v) is 8.50. The highest BCUT2D eigenvalue weighted by molar-refractivity contribution is 9.10. The van der Waals surface area contributed by atoms with Crippen LogP contribution in [0.4, 0.5) is 0 Å². The van der Waals surface area contributed by atoms with Gasteiger partial charge in [-0.25, -0.2) is 13.2 Å². The molecule has 0 amide bonds. The molecule has 0 aliphatic rings. The minimum atomic E-state index is -3.82. The van der Waals surface area contributed by atoms with Crippen molar-refractivity contribution < 1.29 is 22.7 Å². The molecule has 0 spiro atoms. The van der Waals surface area contributed by atoms with Gasteiger partial charge in [0.1, 0.15) is 4.90 Å². The maximum absolute atomic E-state index is 12.4. The molecule has 0 aliphatic heterocycles. The lowest BCUT2D eigenvalue weighted by Gasteiger charge is -2.15. The average Bonchev–Trinajstić information content (AvgIpc) is 2.98. The van der Waals surface area contributed by atoms with Gasteiger partial charge in [-0.2, -0.15) is 15.6 Å². The molecule has 2 aromatic rings. The number of carbonyl (C=O) groups is 1. The van der Waals surface area contributed by atoms with E-state index in [0.29, 0.717) is 0 Å². The quantitative estimate of drug-likeness (QED) is 0.862. The highest BCUT2D eigenvalue weighted by Gasteiger charge is 2.28. The predicted octanol–water partition coefficient (Wildman–Crippen LogP) is 2.62. The van der Waals surface area contributed by atoms with Gasteiger partial charge < -0.3 is 9.52 Å². The highest BCUT2D eigenvalue weighted by Crippen LogP contribution is 2.29. The van der Waals surface area contributed by atoms with Crippen LogP contribution in [0.15, 0.2) is 36.9 Å². The van der Waals surface area contributed by atoms with Gasteiger partial charge in [-0.05, 0) is 38.3 Å². The Kier molecular flexibility index (Phi) is 4.33. The molecule has 2 rings (SSSR count). The van der Waals surface area contributed by atoms with E-state index in [-0.39, 0.29) is 16.1 Å². The molecule has 0 saturated carbocycles. The molecule has 2 aromatic heterocycles. The van der Waals surface area contributed by atoms with Crippen LogP contribution in [0.3, 0.4) is 0 Å². The van der Waals surface area contributed by atoms with Crippen molar-refractivity contribution in [3.8, 4) is 0 Å². The fourth-order valence-electron chi connectivity index (χ4n) is 1.53. The second kappa shape index (κ2) is 5.68. The van der Waals surface area contributed by atoms with E-state index >= 15 is 0 Å². The third kappa shape index (κ3) is 2.95. The number of aromatic carboxylic acids is 1. The molecule has 0 unspecified atom stereocenters. The summed E-state index contributed by atoms with van der Waals surface area (Å²) in [5, 5.41) is 12.5. The summed E-state index contributed by atoms with van der Waals surface area (Å²) in [6, 6.07) is 2.82. The maximum Gasteiger partial charge on any atom is 0.371 e. The Labute approximate surface area is 127 Å². The van der Waals surface area contributed by atoms with Gasteiger partial charge in [0.05, 0.1) is 0 Å². The average molecular weight is 380 g/mol. The Bertz CT molecular complexity index is 720. The Morgan fingerprint density at radius 3 is 2.75 bits per heavy atom. The van der Waals surface area contributed by atoms with Gasteiger partial charge in [0.2, 0.25) is 15.8 Å². The lowest BCUT2D eigenvalue weighted by atomic mass is 10.3. The van der Waals surface area contributed by atoms with Crippen molar-refractivity contribution in [2.45, 2.75) is 11.4 Å². The number of halogens is 1. The summed E-state index contributed by atoms with van der Waals surface area (Å²) in [7, 11) is -2.40. The van der Waals surface area contributed by atoms with Crippen molar-refractivity contribution in [2.24, 2.45) is 0 Å². The highest BCUT2D eigenvalue weighted by atomic mass is 79.9. The van der Waals surface area contributed by atoms with Crippen molar-refractivity contribution in [3.05, 3.63) is 38.9 Å². The zero-order valence-corrected chi connectivity index (χ0v) is 13.5. The molecule has 20 heavy (non-hydrogen) atoms. The van der Waals surface area contributed by atoms with Crippen molar-refractivity contribution in [1.29, 1.82) is 0 Å². The summed E-state index contributed by atoms with van der Waals surface area (Å²) in [5.41, 5.74) is 0.860. The van der Waals surface area contributed by atoms with E-state index in [9.17, 15) is 13.2 Å². The summed E-state index contributed by atoms with van der Waals surface area (Å²) in [6.45, 7) is 0.200. The number of furan rings is 1. The predicted molar refractivity (Wildman–Crippen MR) is 76.3 cm³/mol. The monoisotopic (exact) mass is 379 g/mol. The minimum absolute atomic E-state index is 0.118. The molecule has 0 radical (unpaired) electrons. The van der Waals surface area contributed by atoms with Crippen molar-refractivity contribution in [3.63, 3.8) is 0 Å². The molecular weight excluding hydrogens is 370 g/mol. The Hall–Kier alpha value is -1.16. The van der Waals surface area contributed by atoms with Gasteiger partial charge in [-0.3, -0.25) is 0 Å². The van der Waals surface area contributed by atoms with Crippen LogP contribution >= 0.6 is 27.3 Å². The van der Waals surface area contributed by atoms with Crippen molar-refractivity contribution in [1.82, 2.24) is 4.31 Å². The normalized spacial score (nSPS) is 11.9. The number of sulfonamides is 1. The SMILES string of the molecule is CN(Cc1ccsc1)S(=O)(=O)c1cc(C(=O)O)oc1Br. The van der Waals surface area contributed by atoms with Gasteiger partial charge in [0, 0.05) is 19.7 Å². The lowest BCUT2D eigenvalue weighted by molar-refractivity contribution is 0.0661. The maximum atomic E-state index is 12.4. The number of carboxylic acid groups (broad SMARTS) is 1. The molecule has 6 nitrogen and oxygen atoms in total. The molecule has 0 aliphatic carbocycles. The van der Waals surface area contributed by atoms with Crippen LogP contribution in [-0.4, -0.2) is 30.8 Å². The van der Waals surface area contributed by atoms with Crippen LogP contribution in [0.5, 0.6) is 0 Å². The van der Waals surface area contributed by atoms with Crippen LogP contribution < -0.4 is 0 Å². The number of thiophene rings is 1. The Morgan fingerprint density at radius 2 is 2.25 bits per heavy atom. The zero-order valence-electron chi connectivity index (χ0n) is 10.2. The molecule has 0 bridgehead atoms. The molecule has 9 heteroatoms. The number of hydrogen-bond donors (Lipinski definition) is 1. The van der Waals surface area contributed by atoms with E-state index in [1.54, 1.807) is 0 Å². The third-order valence-corrected chi connectivity index (χ3v) is 5.93. The molecule has 0 atom stereocenters. The molecule has 2 heterocycles. The second-order valence-corrected chi connectivity index (χ2v) is 7.46. The van der Waals surface area contributed by atoms with E-state index in [1.807, 2.05) is 16.8 Å². The first kappa shape index (κ1) is 15.2. The zero-order chi connectivity index (χ0) is 14.9. The minimum Gasteiger partial charge on any atom is -0.475 e. The first-order valence-electron chi connectivity index (χ1n) is 5.32. The van der Waals surface area contributed by atoms with E-state index < -0.39 is 21.8 Å². The van der Waals surface area contributed by atoms with Crippen LogP contribution in [0, 0.1) is 0 Å². The molecule has 0 aromatic carbocycles.